The summed E-state index contributed by atoms with van der Waals surface area (Å²) in [5, 5.41) is 10.3. The predicted molar refractivity (Wildman–Crippen MR) is 70.7 cm³/mol. The standard InChI is InChI=1S/C14H20F3NO2/c1-5-11(18)13(19,14(15,16)17)10-7-6-8(2)9(3)12(10)20-4/h6-7,11,19H,5,18H2,1-4H3. The highest BCUT2D eigenvalue weighted by Gasteiger charge is 2.59. The fourth-order valence-corrected chi connectivity index (χ4v) is 2.21. The van der Waals surface area contributed by atoms with Crippen LogP contribution in [0.15, 0.2) is 12.1 Å². The molecular formula is C14H20F3NO2. The van der Waals surface area contributed by atoms with Crippen LogP contribution in [0.5, 0.6) is 5.75 Å². The Morgan fingerprint density at radius 1 is 1.30 bits per heavy atom. The number of benzene rings is 1. The molecule has 0 aliphatic heterocycles. The van der Waals surface area contributed by atoms with E-state index in [1.807, 2.05) is 0 Å². The molecule has 1 aromatic carbocycles. The Bertz CT molecular complexity index is 488. The lowest BCUT2D eigenvalue weighted by atomic mass is 9.82. The highest BCUT2D eigenvalue weighted by Crippen LogP contribution is 2.46. The molecule has 6 heteroatoms. The second-order valence-electron chi connectivity index (χ2n) is 4.87. The number of aliphatic hydroxyl groups is 1. The average Bonchev–Trinajstić information content (AvgIpc) is 2.38. The Morgan fingerprint density at radius 3 is 2.25 bits per heavy atom. The molecule has 1 rings (SSSR count). The number of rotatable bonds is 4. The molecule has 0 saturated carbocycles. The minimum Gasteiger partial charge on any atom is -0.496 e. The van der Waals surface area contributed by atoms with Gasteiger partial charge in [-0.25, -0.2) is 0 Å². The van der Waals surface area contributed by atoms with Crippen molar-refractivity contribution in [2.24, 2.45) is 5.73 Å². The molecule has 0 amide bonds. The van der Waals surface area contributed by atoms with Gasteiger partial charge in [0.1, 0.15) is 5.75 Å². The van der Waals surface area contributed by atoms with Gasteiger partial charge in [-0.3, -0.25) is 0 Å². The van der Waals surface area contributed by atoms with Crippen molar-refractivity contribution in [1.29, 1.82) is 0 Å². The molecule has 2 unspecified atom stereocenters. The van der Waals surface area contributed by atoms with Crippen LogP contribution < -0.4 is 10.5 Å². The summed E-state index contributed by atoms with van der Waals surface area (Å²) in [7, 11) is 1.28. The zero-order valence-electron chi connectivity index (χ0n) is 12.0. The molecule has 0 fully saturated rings. The maximum Gasteiger partial charge on any atom is 0.423 e. The van der Waals surface area contributed by atoms with Crippen molar-refractivity contribution in [3.63, 3.8) is 0 Å². The van der Waals surface area contributed by atoms with Crippen LogP contribution in [0.25, 0.3) is 0 Å². The highest BCUT2D eigenvalue weighted by molar-refractivity contribution is 5.49. The van der Waals surface area contributed by atoms with E-state index in [0.717, 1.165) is 5.56 Å². The maximum absolute atomic E-state index is 13.4. The van der Waals surface area contributed by atoms with Gasteiger partial charge >= 0.3 is 6.18 Å². The molecule has 3 N–H and O–H groups in total. The molecule has 20 heavy (non-hydrogen) atoms. The summed E-state index contributed by atoms with van der Waals surface area (Å²) in [6.45, 7) is 4.90. The van der Waals surface area contributed by atoms with Crippen molar-refractivity contribution in [1.82, 2.24) is 0 Å². The Morgan fingerprint density at radius 2 is 1.85 bits per heavy atom. The number of halogens is 3. The first-order chi connectivity index (χ1) is 9.11. The van der Waals surface area contributed by atoms with Crippen LogP contribution in [0, 0.1) is 13.8 Å². The number of methoxy groups -OCH3 is 1. The summed E-state index contributed by atoms with van der Waals surface area (Å²) >= 11 is 0. The third-order valence-electron chi connectivity index (χ3n) is 3.70. The van der Waals surface area contributed by atoms with Gasteiger partial charge in [0.2, 0.25) is 5.60 Å². The van der Waals surface area contributed by atoms with Gasteiger partial charge in [-0.05, 0) is 31.4 Å². The van der Waals surface area contributed by atoms with Crippen molar-refractivity contribution >= 4 is 0 Å². The van der Waals surface area contributed by atoms with Crippen molar-refractivity contribution in [2.75, 3.05) is 7.11 Å². The minimum absolute atomic E-state index is 0.0217. The van der Waals surface area contributed by atoms with Crippen LogP contribution in [-0.2, 0) is 5.60 Å². The first-order valence-electron chi connectivity index (χ1n) is 6.30. The number of alkyl halides is 3. The average molecular weight is 291 g/mol. The topological polar surface area (TPSA) is 55.5 Å². The van der Waals surface area contributed by atoms with Crippen LogP contribution >= 0.6 is 0 Å². The van der Waals surface area contributed by atoms with Crippen molar-refractivity contribution in [2.45, 2.75) is 45.0 Å². The van der Waals surface area contributed by atoms with E-state index in [1.165, 1.54) is 26.2 Å². The Labute approximate surface area is 116 Å². The van der Waals surface area contributed by atoms with Gasteiger partial charge in [0.05, 0.1) is 7.11 Å². The Hall–Kier alpha value is -1.27. The summed E-state index contributed by atoms with van der Waals surface area (Å²) in [6.07, 6.45) is -4.91. The van der Waals surface area contributed by atoms with E-state index in [-0.39, 0.29) is 17.7 Å². The molecular weight excluding hydrogens is 271 g/mol. The number of hydrogen-bond acceptors (Lipinski definition) is 3. The van der Waals surface area contributed by atoms with Crippen LogP contribution in [-0.4, -0.2) is 24.4 Å². The van der Waals surface area contributed by atoms with Crippen molar-refractivity contribution in [3.05, 3.63) is 28.8 Å². The molecule has 3 nitrogen and oxygen atoms in total. The van der Waals surface area contributed by atoms with Gasteiger partial charge in [-0.15, -0.1) is 0 Å². The summed E-state index contributed by atoms with van der Waals surface area (Å²) in [5.74, 6) is 0.0220. The lowest BCUT2D eigenvalue weighted by Crippen LogP contribution is -2.55. The van der Waals surface area contributed by atoms with E-state index in [4.69, 9.17) is 10.5 Å². The number of aryl methyl sites for hydroxylation is 1. The second kappa shape index (κ2) is 5.61. The molecule has 0 saturated heterocycles. The lowest BCUT2D eigenvalue weighted by Gasteiger charge is -2.37. The molecule has 0 spiro atoms. The molecule has 0 radical (unpaired) electrons. The van der Waals surface area contributed by atoms with Crippen molar-refractivity contribution < 1.29 is 23.0 Å². The lowest BCUT2D eigenvalue weighted by molar-refractivity contribution is -0.275. The van der Waals surface area contributed by atoms with E-state index in [1.54, 1.807) is 13.8 Å². The summed E-state index contributed by atoms with van der Waals surface area (Å²) < 4.78 is 45.2. The molecule has 0 aromatic heterocycles. The summed E-state index contributed by atoms with van der Waals surface area (Å²) in [4.78, 5) is 0. The fourth-order valence-electron chi connectivity index (χ4n) is 2.21. The number of nitrogens with two attached hydrogens (primary N) is 1. The van der Waals surface area contributed by atoms with Crippen LogP contribution in [0.3, 0.4) is 0 Å². The number of hydrogen-bond donors (Lipinski definition) is 2. The van der Waals surface area contributed by atoms with E-state index in [9.17, 15) is 18.3 Å². The highest BCUT2D eigenvalue weighted by atomic mass is 19.4. The first kappa shape index (κ1) is 16.8. The molecule has 0 aliphatic rings. The summed E-state index contributed by atoms with van der Waals surface area (Å²) in [6, 6.07) is 1.27. The number of ether oxygens (including phenoxy) is 1. The molecule has 0 heterocycles. The zero-order valence-corrected chi connectivity index (χ0v) is 12.0. The fraction of sp³-hybridized carbons (Fsp3) is 0.571. The van der Waals surface area contributed by atoms with Crippen LogP contribution in [0.4, 0.5) is 13.2 Å². The van der Waals surface area contributed by atoms with Crippen molar-refractivity contribution in [3.8, 4) is 5.75 Å². The Balaban J connectivity index is 3.63. The van der Waals surface area contributed by atoms with Gasteiger partial charge in [-0.2, -0.15) is 13.2 Å². The smallest absolute Gasteiger partial charge is 0.423 e. The van der Waals surface area contributed by atoms with Gasteiger partial charge < -0.3 is 15.6 Å². The molecule has 2 atom stereocenters. The van der Waals surface area contributed by atoms with E-state index >= 15 is 0 Å². The van der Waals surface area contributed by atoms with Gasteiger partial charge in [0.25, 0.3) is 0 Å². The SMILES string of the molecule is CCC(N)C(O)(c1ccc(C)c(C)c1OC)C(F)(F)F. The van der Waals surface area contributed by atoms with Crippen LogP contribution in [0.1, 0.15) is 30.0 Å². The normalized spacial score (nSPS) is 16.6. The van der Waals surface area contributed by atoms with E-state index in [0.29, 0.717) is 5.56 Å². The summed E-state index contributed by atoms with van der Waals surface area (Å²) in [5.41, 5.74) is 3.41. The van der Waals surface area contributed by atoms with E-state index in [2.05, 4.69) is 0 Å². The zero-order chi connectivity index (χ0) is 15.7. The Kier molecular flexibility index (Phi) is 4.71. The first-order valence-corrected chi connectivity index (χ1v) is 6.30. The molecule has 114 valence electrons. The third-order valence-corrected chi connectivity index (χ3v) is 3.70. The van der Waals surface area contributed by atoms with Gasteiger partial charge in [-0.1, -0.05) is 19.1 Å². The van der Waals surface area contributed by atoms with E-state index < -0.39 is 17.8 Å². The van der Waals surface area contributed by atoms with Gasteiger partial charge in [0.15, 0.2) is 0 Å². The molecule has 0 aliphatic carbocycles. The quantitative estimate of drug-likeness (QED) is 0.897. The molecule has 0 bridgehead atoms. The minimum atomic E-state index is -4.89. The second-order valence-corrected chi connectivity index (χ2v) is 4.87. The van der Waals surface area contributed by atoms with Crippen LogP contribution in [0.2, 0.25) is 0 Å². The predicted octanol–water partition coefficient (Wildman–Crippen LogP) is 2.80. The van der Waals surface area contributed by atoms with Gasteiger partial charge in [0, 0.05) is 11.6 Å². The largest absolute Gasteiger partial charge is 0.496 e. The molecule has 1 aromatic rings. The monoisotopic (exact) mass is 291 g/mol. The maximum atomic E-state index is 13.4. The third kappa shape index (κ3) is 2.50.